The number of hydrogen-bond donors (Lipinski definition) is 0. The van der Waals surface area contributed by atoms with Gasteiger partial charge in [0.2, 0.25) is 0 Å². The van der Waals surface area contributed by atoms with Crippen molar-refractivity contribution in [3.8, 4) is 0 Å². The maximum atomic E-state index is 6.18. The van der Waals surface area contributed by atoms with Crippen molar-refractivity contribution < 1.29 is 4.74 Å². The van der Waals surface area contributed by atoms with Crippen LogP contribution in [-0.4, -0.2) is 61.3 Å². The van der Waals surface area contributed by atoms with E-state index in [0.717, 1.165) is 25.6 Å². The van der Waals surface area contributed by atoms with Crippen LogP contribution in [0.3, 0.4) is 0 Å². The second-order valence-corrected chi connectivity index (χ2v) is 6.21. The Kier molecular flexibility index (Phi) is 5.05. The van der Waals surface area contributed by atoms with Gasteiger partial charge in [-0.1, -0.05) is 27.2 Å². The molecule has 0 aromatic rings. The maximum absolute atomic E-state index is 6.18. The highest BCUT2D eigenvalue weighted by atomic mass is 16.5. The topological polar surface area (TPSA) is 15.7 Å². The summed E-state index contributed by atoms with van der Waals surface area (Å²) in [6.45, 7) is 15.0. The molecule has 3 nitrogen and oxygen atoms in total. The molecule has 18 heavy (non-hydrogen) atoms. The van der Waals surface area contributed by atoms with Crippen molar-refractivity contribution in [3.63, 3.8) is 0 Å². The summed E-state index contributed by atoms with van der Waals surface area (Å²) in [5.41, 5.74) is 0.178. The molecule has 0 bridgehead atoms. The fraction of sp³-hybridized carbons (Fsp3) is 1.00. The zero-order valence-electron chi connectivity index (χ0n) is 12.5. The van der Waals surface area contributed by atoms with Gasteiger partial charge in [0.1, 0.15) is 0 Å². The van der Waals surface area contributed by atoms with E-state index in [-0.39, 0.29) is 5.60 Å². The monoisotopic (exact) mass is 254 g/mol. The lowest BCUT2D eigenvalue weighted by Gasteiger charge is -2.47. The van der Waals surface area contributed by atoms with Gasteiger partial charge in [0, 0.05) is 32.7 Å². The molecule has 0 amide bonds. The van der Waals surface area contributed by atoms with Gasteiger partial charge in [-0.2, -0.15) is 0 Å². The zero-order valence-corrected chi connectivity index (χ0v) is 12.5. The molecule has 0 aromatic carbocycles. The van der Waals surface area contributed by atoms with Crippen molar-refractivity contribution in [3.05, 3.63) is 0 Å². The van der Waals surface area contributed by atoms with Crippen LogP contribution in [0.15, 0.2) is 0 Å². The molecule has 0 N–H and O–H groups in total. The van der Waals surface area contributed by atoms with E-state index in [9.17, 15) is 0 Å². The molecule has 0 radical (unpaired) electrons. The van der Waals surface area contributed by atoms with Crippen LogP contribution in [0.5, 0.6) is 0 Å². The molecule has 1 unspecified atom stereocenters. The Bertz CT molecular complexity index is 249. The number of ether oxygens (including phenoxy) is 1. The number of likely N-dealkylation sites (tertiary alicyclic amines) is 1. The van der Waals surface area contributed by atoms with Crippen molar-refractivity contribution in [2.45, 2.75) is 45.6 Å². The Morgan fingerprint density at radius 3 is 2.44 bits per heavy atom. The number of rotatable bonds is 4. The largest absolute Gasteiger partial charge is 0.372 e. The van der Waals surface area contributed by atoms with Gasteiger partial charge < -0.3 is 9.64 Å². The van der Waals surface area contributed by atoms with Crippen LogP contribution in [0.1, 0.15) is 40.0 Å². The summed E-state index contributed by atoms with van der Waals surface area (Å²) in [6, 6.07) is 0. The number of nitrogens with zero attached hydrogens (tertiary/aromatic N) is 2. The van der Waals surface area contributed by atoms with Gasteiger partial charge in [-0.25, -0.2) is 0 Å². The number of hydrogen-bond acceptors (Lipinski definition) is 3. The van der Waals surface area contributed by atoms with E-state index in [1.165, 1.54) is 45.4 Å². The molecule has 2 saturated heterocycles. The van der Waals surface area contributed by atoms with E-state index < -0.39 is 0 Å². The molecule has 3 heteroatoms. The first kappa shape index (κ1) is 14.3. The predicted octanol–water partition coefficient (Wildman–Crippen LogP) is 2.22. The highest BCUT2D eigenvalue weighted by Crippen LogP contribution is 2.30. The van der Waals surface area contributed by atoms with E-state index in [4.69, 9.17) is 4.74 Å². The summed E-state index contributed by atoms with van der Waals surface area (Å²) in [7, 11) is 0. The van der Waals surface area contributed by atoms with Gasteiger partial charge in [-0.15, -0.1) is 0 Å². The fourth-order valence-electron chi connectivity index (χ4n) is 3.23. The molecular weight excluding hydrogens is 224 g/mol. The molecular formula is C15H30N2O. The summed E-state index contributed by atoms with van der Waals surface area (Å²) in [6.07, 6.45) is 3.73. The lowest BCUT2D eigenvalue weighted by Crippen LogP contribution is -2.57. The molecule has 0 saturated carbocycles. The third-order valence-electron chi connectivity index (χ3n) is 4.81. The van der Waals surface area contributed by atoms with Crippen molar-refractivity contribution in [1.82, 2.24) is 9.80 Å². The third-order valence-corrected chi connectivity index (χ3v) is 4.81. The van der Waals surface area contributed by atoms with E-state index in [1.807, 2.05) is 0 Å². The number of piperidine rings is 1. The average Bonchev–Trinajstić information content (AvgIpc) is 2.40. The first-order valence-electron chi connectivity index (χ1n) is 7.76. The van der Waals surface area contributed by atoms with Crippen LogP contribution in [0, 0.1) is 5.92 Å². The van der Waals surface area contributed by atoms with Crippen molar-refractivity contribution in [2.75, 3.05) is 45.9 Å². The predicted molar refractivity (Wildman–Crippen MR) is 75.9 cm³/mol. The molecule has 0 aliphatic carbocycles. The normalized spacial score (nSPS) is 27.5. The minimum atomic E-state index is 0.178. The van der Waals surface area contributed by atoms with Gasteiger partial charge in [0.25, 0.3) is 0 Å². The van der Waals surface area contributed by atoms with Crippen LogP contribution in [-0.2, 0) is 4.74 Å². The quantitative estimate of drug-likeness (QED) is 0.765. The summed E-state index contributed by atoms with van der Waals surface area (Å²) in [4.78, 5) is 5.18. The fourth-order valence-corrected chi connectivity index (χ4v) is 3.23. The van der Waals surface area contributed by atoms with Gasteiger partial charge in [0.05, 0.1) is 12.2 Å². The first-order chi connectivity index (χ1) is 8.67. The minimum absolute atomic E-state index is 0.178. The zero-order chi connectivity index (χ0) is 13.0. The second kappa shape index (κ2) is 6.36. The van der Waals surface area contributed by atoms with E-state index >= 15 is 0 Å². The van der Waals surface area contributed by atoms with Crippen LogP contribution in [0.2, 0.25) is 0 Å². The maximum Gasteiger partial charge on any atom is 0.0833 e. The van der Waals surface area contributed by atoms with E-state index in [2.05, 4.69) is 30.6 Å². The molecule has 1 atom stereocenters. The molecule has 2 fully saturated rings. The van der Waals surface area contributed by atoms with Crippen LogP contribution in [0.4, 0.5) is 0 Å². The van der Waals surface area contributed by atoms with E-state index in [0.29, 0.717) is 0 Å². The highest BCUT2D eigenvalue weighted by molar-refractivity contribution is 4.92. The molecule has 1 spiro atoms. The van der Waals surface area contributed by atoms with Crippen molar-refractivity contribution in [2.24, 2.45) is 5.92 Å². The number of morpholine rings is 1. The van der Waals surface area contributed by atoms with Gasteiger partial charge in [-0.05, 0) is 25.3 Å². The standard InChI is InChI=1S/C15H30N2O/c1-4-14(3)12-17-10-11-18-15(13-17)6-8-16(5-2)9-7-15/h14H,4-13H2,1-3H3. The van der Waals surface area contributed by atoms with Crippen LogP contribution >= 0.6 is 0 Å². The van der Waals surface area contributed by atoms with Crippen LogP contribution < -0.4 is 0 Å². The first-order valence-corrected chi connectivity index (χ1v) is 7.76. The van der Waals surface area contributed by atoms with Gasteiger partial charge in [0.15, 0.2) is 0 Å². The molecule has 0 aromatic heterocycles. The third kappa shape index (κ3) is 3.46. The van der Waals surface area contributed by atoms with Crippen molar-refractivity contribution >= 4 is 0 Å². The Morgan fingerprint density at radius 1 is 1.11 bits per heavy atom. The lowest BCUT2D eigenvalue weighted by molar-refractivity contribution is -0.137. The summed E-state index contributed by atoms with van der Waals surface area (Å²) in [5, 5.41) is 0. The van der Waals surface area contributed by atoms with Crippen molar-refractivity contribution in [1.29, 1.82) is 0 Å². The Balaban J connectivity index is 1.86. The molecule has 2 aliphatic rings. The average molecular weight is 254 g/mol. The molecule has 2 heterocycles. The van der Waals surface area contributed by atoms with Gasteiger partial charge >= 0.3 is 0 Å². The molecule has 2 aliphatic heterocycles. The van der Waals surface area contributed by atoms with Gasteiger partial charge in [-0.3, -0.25) is 4.90 Å². The lowest BCUT2D eigenvalue weighted by atomic mass is 9.89. The minimum Gasteiger partial charge on any atom is -0.372 e. The highest BCUT2D eigenvalue weighted by Gasteiger charge is 2.39. The van der Waals surface area contributed by atoms with Crippen LogP contribution in [0.25, 0.3) is 0 Å². The second-order valence-electron chi connectivity index (χ2n) is 6.21. The Labute approximate surface area is 112 Å². The summed E-state index contributed by atoms with van der Waals surface area (Å²) in [5.74, 6) is 0.816. The Hall–Kier alpha value is -0.120. The molecule has 106 valence electrons. The summed E-state index contributed by atoms with van der Waals surface area (Å²) >= 11 is 0. The van der Waals surface area contributed by atoms with E-state index in [1.54, 1.807) is 0 Å². The molecule has 2 rings (SSSR count). The summed E-state index contributed by atoms with van der Waals surface area (Å²) < 4.78 is 6.18. The SMILES string of the molecule is CCC(C)CN1CCOC2(CCN(CC)CC2)C1. The smallest absolute Gasteiger partial charge is 0.0833 e. The Morgan fingerprint density at radius 2 is 1.83 bits per heavy atom.